The fourth-order valence-corrected chi connectivity index (χ4v) is 1.82. The Labute approximate surface area is 118 Å². The van der Waals surface area contributed by atoms with E-state index in [1.807, 2.05) is 20.8 Å². The van der Waals surface area contributed by atoms with Gasteiger partial charge in [0, 0.05) is 0 Å². The van der Waals surface area contributed by atoms with Crippen LogP contribution in [0.1, 0.15) is 42.5 Å². The first-order valence-electron chi connectivity index (χ1n) is 6.62. The van der Waals surface area contributed by atoms with E-state index in [1.165, 1.54) is 7.11 Å². The van der Waals surface area contributed by atoms with Crippen LogP contribution in [0.2, 0.25) is 0 Å². The van der Waals surface area contributed by atoms with Crippen molar-refractivity contribution in [2.75, 3.05) is 7.11 Å². The summed E-state index contributed by atoms with van der Waals surface area (Å²) in [4.78, 5) is 24.0. The Kier molecular flexibility index (Phi) is 5.61. The third-order valence-corrected chi connectivity index (χ3v) is 2.98. The highest BCUT2D eigenvalue weighted by atomic mass is 16.5. The van der Waals surface area contributed by atoms with E-state index in [4.69, 9.17) is 4.74 Å². The van der Waals surface area contributed by atoms with Gasteiger partial charge < -0.3 is 10.1 Å². The summed E-state index contributed by atoms with van der Waals surface area (Å²) in [5.74, 6) is -0.846. The summed E-state index contributed by atoms with van der Waals surface area (Å²) in [6, 6.07) is 1.00. The van der Waals surface area contributed by atoms with E-state index in [-0.39, 0.29) is 11.8 Å². The van der Waals surface area contributed by atoms with Crippen LogP contribution in [0, 0.1) is 12.8 Å². The number of ether oxygens (including phenoxy) is 1. The minimum absolute atomic E-state index is 0.0626. The fraction of sp³-hybridized carbons (Fsp3) is 0.571. The van der Waals surface area contributed by atoms with Crippen LogP contribution in [-0.4, -0.2) is 35.2 Å². The van der Waals surface area contributed by atoms with Gasteiger partial charge in [0.15, 0.2) is 0 Å². The van der Waals surface area contributed by atoms with Crippen molar-refractivity contribution < 1.29 is 14.3 Å². The highest BCUT2D eigenvalue weighted by Gasteiger charge is 2.26. The lowest BCUT2D eigenvalue weighted by atomic mass is 10.0. The predicted molar refractivity (Wildman–Crippen MR) is 74.3 cm³/mol. The Hall–Kier alpha value is -1.98. The third kappa shape index (κ3) is 3.76. The van der Waals surface area contributed by atoms with Crippen molar-refractivity contribution in [1.82, 2.24) is 15.5 Å². The van der Waals surface area contributed by atoms with Crippen LogP contribution in [0.5, 0.6) is 0 Å². The zero-order chi connectivity index (χ0) is 15.3. The molecule has 0 spiro atoms. The number of rotatable bonds is 5. The first-order valence-corrected chi connectivity index (χ1v) is 6.62. The molecule has 0 bridgehead atoms. The topological polar surface area (TPSA) is 81.2 Å². The summed E-state index contributed by atoms with van der Waals surface area (Å²) in [5.41, 5.74) is 1.72. The van der Waals surface area contributed by atoms with Crippen molar-refractivity contribution in [2.45, 2.75) is 40.2 Å². The van der Waals surface area contributed by atoms with Gasteiger partial charge in [-0.15, -0.1) is 0 Å². The van der Waals surface area contributed by atoms with Crippen LogP contribution in [0.25, 0.3) is 0 Å². The Morgan fingerprint density at radius 2 is 2.00 bits per heavy atom. The molecule has 0 saturated carbocycles. The second-order valence-electron chi connectivity index (χ2n) is 4.92. The second kappa shape index (κ2) is 6.98. The molecular weight excluding hydrogens is 258 g/mol. The average molecular weight is 279 g/mol. The van der Waals surface area contributed by atoms with E-state index < -0.39 is 12.0 Å². The van der Waals surface area contributed by atoms with E-state index in [1.54, 1.807) is 13.0 Å². The van der Waals surface area contributed by atoms with Gasteiger partial charge in [0.1, 0.15) is 6.04 Å². The summed E-state index contributed by atoms with van der Waals surface area (Å²) >= 11 is 0. The largest absolute Gasteiger partial charge is 0.467 e. The second-order valence-corrected chi connectivity index (χ2v) is 4.92. The molecule has 1 heterocycles. The van der Waals surface area contributed by atoms with Gasteiger partial charge in [-0.05, 0) is 25.3 Å². The van der Waals surface area contributed by atoms with E-state index in [2.05, 4.69) is 15.5 Å². The number of aromatic nitrogens is 2. The van der Waals surface area contributed by atoms with Gasteiger partial charge in [-0.25, -0.2) is 4.79 Å². The zero-order valence-electron chi connectivity index (χ0n) is 12.6. The lowest BCUT2D eigenvalue weighted by Gasteiger charge is -2.20. The van der Waals surface area contributed by atoms with Gasteiger partial charge in [-0.3, -0.25) is 4.79 Å². The molecule has 0 radical (unpaired) electrons. The Morgan fingerprint density at radius 3 is 2.50 bits per heavy atom. The van der Waals surface area contributed by atoms with Gasteiger partial charge in [0.25, 0.3) is 5.91 Å². The summed E-state index contributed by atoms with van der Waals surface area (Å²) in [5, 5.41) is 10.6. The normalized spacial score (nSPS) is 12.1. The van der Waals surface area contributed by atoms with Crippen molar-refractivity contribution in [1.29, 1.82) is 0 Å². The number of hydrogen-bond donors (Lipinski definition) is 1. The molecule has 6 nitrogen and oxygen atoms in total. The van der Waals surface area contributed by atoms with Crippen LogP contribution in [0.4, 0.5) is 0 Å². The molecule has 1 unspecified atom stereocenters. The number of nitrogens with zero attached hydrogens (tertiary/aromatic N) is 2. The maximum absolute atomic E-state index is 12.3. The Morgan fingerprint density at radius 1 is 1.35 bits per heavy atom. The molecule has 0 fully saturated rings. The predicted octanol–water partition coefficient (Wildman–Crippen LogP) is 1.27. The lowest BCUT2D eigenvalue weighted by molar-refractivity contribution is -0.144. The van der Waals surface area contributed by atoms with Crippen molar-refractivity contribution >= 4 is 11.9 Å². The quantitative estimate of drug-likeness (QED) is 0.821. The van der Waals surface area contributed by atoms with E-state index in [9.17, 15) is 9.59 Å². The lowest BCUT2D eigenvalue weighted by Crippen LogP contribution is -2.45. The summed E-state index contributed by atoms with van der Waals surface area (Å²) < 4.78 is 4.71. The van der Waals surface area contributed by atoms with E-state index >= 15 is 0 Å². The molecule has 1 N–H and O–H groups in total. The molecule has 0 aliphatic rings. The van der Waals surface area contributed by atoms with Gasteiger partial charge >= 0.3 is 5.97 Å². The Balaban J connectivity index is 3.00. The van der Waals surface area contributed by atoms with Crippen LogP contribution < -0.4 is 5.32 Å². The van der Waals surface area contributed by atoms with Crippen molar-refractivity contribution in [2.24, 2.45) is 5.92 Å². The number of carbonyl (C=O) groups excluding carboxylic acids is 2. The molecule has 0 aliphatic heterocycles. The summed E-state index contributed by atoms with van der Waals surface area (Å²) in [6.07, 6.45) is 0.598. The van der Waals surface area contributed by atoms with Crippen LogP contribution in [-0.2, 0) is 16.0 Å². The molecule has 1 atom stereocenters. The van der Waals surface area contributed by atoms with Crippen LogP contribution in [0.15, 0.2) is 6.07 Å². The van der Waals surface area contributed by atoms with Crippen molar-refractivity contribution in [3.63, 3.8) is 0 Å². The number of esters is 1. The number of carbonyl (C=O) groups is 2. The molecule has 1 aromatic rings. The van der Waals surface area contributed by atoms with Gasteiger partial charge in [-0.2, -0.15) is 10.2 Å². The van der Waals surface area contributed by atoms with E-state index in [0.717, 1.165) is 0 Å². The molecule has 0 aromatic carbocycles. The van der Waals surface area contributed by atoms with Crippen LogP contribution >= 0.6 is 0 Å². The highest BCUT2D eigenvalue weighted by Crippen LogP contribution is 2.10. The fourth-order valence-electron chi connectivity index (χ4n) is 1.82. The molecule has 6 heteroatoms. The summed E-state index contributed by atoms with van der Waals surface area (Å²) in [6.45, 7) is 7.36. The molecule has 110 valence electrons. The molecule has 1 amide bonds. The van der Waals surface area contributed by atoms with Gasteiger partial charge in [0.05, 0.1) is 24.1 Å². The Bertz CT molecular complexity index is 500. The monoisotopic (exact) mass is 279 g/mol. The highest BCUT2D eigenvalue weighted by molar-refractivity contribution is 5.97. The molecular formula is C14H21N3O3. The molecule has 0 saturated heterocycles. The molecule has 1 aromatic heterocycles. The van der Waals surface area contributed by atoms with Crippen molar-refractivity contribution in [3.8, 4) is 0 Å². The minimum atomic E-state index is -0.675. The first-order chi connectivity index (χ1) is 9.40. The summed E-state index contributed by atoms with van der Waals surface area (Å²) in [7, 11) is 1.31. The zero-order valence-corrected chi connectivity index (χ0v) is 12.6. The number of amides is 1. The van der Waals surface area contributed by atoms with Gasteiger partial charge in [-0.1, -0.05) is 20.8 Å². The van der Waals surface area contributed by atoms with Gasteiger partial charge in [0.2, 0.25) is 0 Å². The first kappa shape index (κ1) is 16.1. The smallest absolute Gasteiger partial charge is 0.328 e. The maximum atomic E-state index is 12.3. The number of methoxy groups -OCH3 is 1. The third-order valence-electron chi connectivity index (χ3n) is 2.98. The maximum Gasteiger partial charge on any atom is 0.328 e. The molecule has 20 heavy (non-hydrogen) atoms. The van der Waals surface area contributed by atoms with E-state index in [0.29, 0.717) is 23.4 Å². The number of nitrogens with one attached hydrogen (secondary N) is 1. The standard InChI is InChI=1S/C14H21N3O3/c1-6-11-10(7-9(4)16-17-11)13(18)15-12(8(2)3)14(19)20-5/h7-8,12H,6H2,1-5H3,(H,15,18). The average Bonchev–Trinajstić information content (AvgIpc) is 2.43. The molecule has 0 aliphatic carbocycles. The minimum Gasteiger partial charge on any atom is -0.467 e. The molecule has 1 rings (SSSR count). The SMILES string of the molecule is CCc1nnc(C)cc1C(=O)NC(C(=O)OC)C(C)C. The van der Waals surface area contributed by atoms with Crippen molar-refractivity contribution in [3.05, 3.63) is 23.0 Å². The number of aryl methyl sites for hydroxylation is 2. The number of hydrogen-bond acceptors (Lipinski definition) is 5. The van der Waals surface area contributed by atoms with Crippen LogP contribution in [0.3, 0.4) is 0 Å².